The van der Waals surface area contributed by atoms with Gasteiger partial charge in [0.05, 0.1) is 12.5 Å². The van der Waals surface area contributed by atoms with Gasteiger partial charge < -0.3 is 14.2 Å². The van der Waals surface area contributed by atoms with E-state index < -0.39 is 51.3 Å². The lowest BCUT2D eigenvalue weighted by atomic mass is 9.90. The van der Waals surface area contributed by atoms with Crippen LogP contribution in [0.3, 0.4) is 0 Å². The van der Waals surface area contributed by atoms with Crippen molar-refractivity contribution in [2.75, 3.05) is 13.7 Å². The van der Waals surface area contributed by atoms with Crippen LogP contribution < -0.4 is 0 Å². The second-order valence-electron chi connectivity index (χ2n) is 5.63. The van der Waals surface area contributed by atoms with E-state index in [1.54, 1.807) is 0 Å². The Hall–Kier alpha value is -1.54. The normalized spacial score (nSPS) is 15.9. The van der Waals surface area contributed by atoms with Crippen molar-refractivity contribution in [3.05, 3.63) is 0 Å². The van der Waals surface area contributed by atoms with Gasteiger partial charge in [-0.25, -0.2) is 4.79 Å². The molecule has 0 aromatic heterocycles. The average Bonchev–Trinajstić information content (AvgIpc) is 2.47. The lowest BCUT2D eigenvalue weighted by Crippen LogP contribution is -2.60. The lowest BCUT2D eigenvalue weighted by molar-refractivity contribution is -0.362. The first kappa shape index (κ1) is 24.5. The first-order valence-electron chi connectivity index (χ1n) is 6.75. The Kier molecular flexibility index (Phi) is 7.15. The molecule has 0 aliphatic carbocycles. The zero-order valence-corrected chi connectivity index (χ0v) is 14.8. The maximum Gasteiger partial charge on any atom is 0.468 e. The number of hydrogen-bond donors (Lipinski definition) is 1. The molecule has 0 rings (SSSR count). The molecule has 0 aliphatic rings. The number of methoxy groups -OCH3 is 1. The minimum atomic E-state index is -6.18. The van der Waals surface area contributed by atoms with Crippen LogP contribution in [0, 0.1) is 5.41 Å². The second kappa shape index (κ2) is 7.60. The molecule has 0 saturated heterocycles. The topological polar surface area (TPSA) is 116 Å². The van der Waals surface area contributed by atoms with E-state index in [-0.39, 0.29) is 6.42 Å². The molecule has 26 heavy (non-hydrogen) atoms. The third-order valence-corrected chi connectivity index (χ3v) is 4.19. The number of esters is 2. The fourth-order valence-corrected chi connectivity index (χ4v) is 1.40. The molecule has 154 valence electrons. The van der Waals surface area contributed by atoms with Gasteiger partial charge in [-0.2, -0.15) is 30.4 Å². The van der Waals surface area contributed by atoms with Crippen molar-refractivity contribution in [3.8, 4) is 0 Å². The van der Waals surface area contributed by atoms with Gasteiger partial charge in [-0.1, -0.05) is 6.92 Å². The Morgan fingerprint density at radius 1 is 1.04 bits per heavy atom. The third kappa shape index (κ3) is 5.01. The summed E-state index contributed by atoms with van der Waals surface area (Å²) in [5.74, 6) is -8.76. The Labute approximate surface area is 145 Å². The van der Waals surface area contributed by atoms with Crippen molar-refractivity contribution in [2.24, 2.45) is 5.41 Å². The van der Waals surface area contributed by atoms with E-state index in [0.29, 0.717) is 7.11 Å². The highest BCUT2D eigenvalue weighted by Gasteiger charge is 2.69. The van der Waals surface area contributed by atoms with Crippen molar-refractivity contribution in [2.45, 2.75) is 44.4 Å². The fourth-order valence-electron chi connectivity index (χ4n) is 1.19. The monoisotopic (exact) mass is 416 g/mol. The highest BCUT2D eigenvalue weighted by Crippen LogP contribution is 2.40. The average molecular weight is 416 g/mol. The SMILES string of the molecule is CCC(C)(C)C(=O)OC(OCC(F)(F)S(=O)(=O)O)(C(=O)OC)C(F)(F)F. The number of carbonyl (C=O) groups is 2. The summed E-state index contributed by atoms with van der Waals surface area (Å²) in [7, 11) is -5.76. The molecular formula is C12H17F5O8S. The van der Waals surface area contributed by atoms with Crippen LogP contribution in [0.2, 0.25) is 0 Å². The smallest absolute Gasteiger partial charge is 0.464 e. The van der Waals surface area contributed by atoms with E-state index in [9.17, 15) is 40.0 Å². The Bertz CT molecular complexity index is 642. The summed E-state index contributed by atoms with van der Waals surface area (Å²) < 4.78 is 108. The second-order valence-corrected chi connectivity index (χ2v) is 7.18. The van der Waals surface area contributed by atoms with Gasteiger partial charge in [0, 0.05) is 0 Å². The van der Waals surface area contributed by atoms with Crippen LogP contribution >= 0.6 is 0 Å². The standard InChI is InChI=1S/C12H17F5O8S/c1-5-9(2,3)7(18)25-11(8(19)23-4,12(15,16)17)24-6-10(13,14)26(20,21)22/h5-6H2,1-4H3,(H,20,21,22). The maximum absolute atomic E-state index is 13.4. The number of carbonyl (C=O) groups excluding carboxylic acids is 2. The van der Waals surface area contributed by atoms with Crippen LogP contribution in [0.15, 0.2) is 0 Å². The predicted molar refractivity (Wildman–Crippen MR) is 73.4 cm³/mol. The molecule has 0 spiro atoms. The molecular weight excluding hydrogens is 399 g/mol. The lowest BCUT2D eigenvalue weighted by Gasteiger charge is -2.34. The van der Waals surface area contributed by atoms with Crippen LogP contribution in [0.1, 0.15) is 27.2 Å². The molecule has 1 atom stereocenters. The summed E-state index contributed by atoms with van der Waals surface area (Å²) >= 11 is 0. The van der Waals surface area contributed by atoms with Gasteiger partial charge in [0.25, 0.3) is 0 Å². The number of halogens is 5. The molecule has 0 saturated carbocycles. The van der Waals surface area contributed by atoms with Crippen molar-refractivity contribution < 1.29 is 58.7 Å². The molecule has 0 aromatic carbocycles. The fraction of sp³-hybridized carbons (Fsp3) is 0.833. The van der Waals surface area contributed by atoms with Crippen LogP contribution in [-0.2, 0) is 33.9 Å². The van der Waals surface area contributed by atoms with Gasteiger partial charge >= 0.3 is 39.3 Å². The van der Waals surface area contributed by atoms with Gasteiger partial charge in [0.2, 0.25) is 0 Å². The molecule has 1 unspecified atom stereocenters. The number of rotatable bonds is 8. The van der Waals surface area contributed by atoms with Crippen molar-refractivity contribution in [3.63, 3.8) is 0 Å². The molecule has 0 amide bonds. The molecule has 0 radical (unpaired) electrons. The van der Waals surface area contributed by atoms with Gasteiger partial charge in [0.1, 0.15) is 6.61 Å². The van der Waals surface area contributed by atoms with Gasteiger partial charge in [-0.05, 0) is 20.3 Å². The molecule has 0 heterocycles. The summed E-state index contributed by atoms with van der Waals surface area (Å²) in [4.78, 5) is 23.5. The van der Waals surface area contributed by atoms with Gasteiger partial charge in [-0.3, -0.25) is 9.35 Å². The largest absolute Gasteiger partial charge is 0.468 e. The molecule has 14 heteroatoms. The maximum atomic E-state index is 13.4. The van der Waals surface area contributed by atoms with Crippen molar-refractivity contribution in [1.82, 2.24) is 0 Å². The van der Waals surface area contributed by atoms with E-state index in [1.807, 2.05) is 0 Å². The number of alkyl halides is 5. The van der Waals surface area contributed by atoms with E-state index in [2.05, 4.69) is 14.2 Å². The molecule has 1 N–H and O–H groups in total. The highest BCUT2D eigenvalue weighted by molar-refractivity contribution is 7.86. The van der Waals surface area contributed by atoms with Crippen LogP contribution in [-0.4, -0.2) is 55.8 Å². The van der Waals surface area contributed by atoms with E-state index >= 15 is 0 Å². The Morgan fingerprint density at radius 2 is 1.50 bits per heavy atom. The van der Waals surface area contributed by atoms with Crippen LogP contribution in [0.4, 0.5) is 22.0 Å². The molecule has 0 bridgehead atoms. The molecule has 0 aromatic rings. The van der Waals surface area contributed by atoms with Crippen LogP contribution in [0.5, 0.6) is 0 Å². The zero-order valence-electron chi connectivity index (χ0n) is 14.0. The van der Waals surface area contributed by atoms with Crippen LogP contribution in [0.25, 0.3) is 0 Å². The van der Waals surface area contributed by atoms with E-state index in [1.165, 1.54) is 6.92 Å². The molecule has 0 fully saturated rings. The minimum absolute atomic E-state index is 0.0673. The number of ether oxygens (including phenoxy) is 3. The molecule has 0 aliphatic heterocycles. The Morgan fingerprint density at radius 3 is 1.81 bits per heavy atom. The summed E-state index contributed by atoms with van der Waals surface area (Å²) in [6.45, 7) is 1.02. The summed E-state index contributed by atoms with van der Waals surface area (Å²) in [6, 6.07) is 0. The quantitative estimate of drug-likeness (QED) is 0.276. The number of hydrogen-bond acceptors (Lipinski definition) is 7. The van der Waals surface area contributed by atoms with E-state index in [0.717, 1.165) is 13.8 Å². The van der Waals surface area contributed by atoms with Gasteiger partial charge in [-0.15, -0.1) is 0 Å². The summed E-state index contributed by atoms with van der Waals surface area (Å²) in [5, 5.41) is -5.23. The summed E-state index contributed by atoms with van der Waals surface area (Å²) in [5.41, 5.74) is -1.58. The summed E-state index contributed by atoms with van der Waals surface area (Å²) in [6.07, 6.45) is -5.99. The zero-order chi connectivity index (χ0) is 21.2. The van der Waals surface area contributed by atoms with Crippen molar-refractivity contribution in [1.29, 1.82) is 0 Å². The third-order valence-electron chi connectivity index (χ3n) is 3.32. The highest BCUT2D eigenvalue weighted by atomic mass is 32.2. The first-order chi connectivity index (χ1) is 11.4. The first-order valence-corrected chi connectivity index (χ1v) is 8.19. The predicted octanol–water partition coefficient (Wildman–Crippen LogP) is 1.89. The van der Waals surface area contributed by atoms with Gasteiger partial charge in [0.15, 0.2) is 0 Å². The van der Waals surface area contributed by atoms with Crippen molar-refractivity contribution >= 4 is 22.1 Å². The Balaban J connectivity index is 6.11. The molecule has 8 nitrogen and oxygen atoms in total. The minimum Gasteiger partial charge on any atom is -0.464 e. The van der Waals surface area contributed by atoms with E-state index in [4.69, 9.17) is 4.55 Å².